The Morgan fingerprint density at radius 3 is 2.55 bits per heavy atom. The van der Waals surface area contributed by atoms with E-state index in [9.17, 15) is 13.2 Å². The highest BCUT2D eigenvalue weighted by Gasteiger charge is 2.13. The second-order valence-corrected chi connectivity index (χ2v) is 5.43. The summed E-state index contributed by atoms with van der Waals surface area (Å²) in [6.45, 7) is 0. The van der Waals surface area contributed by atoms with Gasteiger partial charge in [-0.1, -0.05) is 11.3 Å². The first-order chi connectivity index (χ1) is 5.04. The normalized spacial score (nSPS) is 11.4. The minimum Gasteiger partial charge on any atom is -0.295 e. The maximum absolute atomic E-state index is 10.6. The van der Waals surface area contributed by atoms with Crippen LogP contribution in [0.5, 0.6) is 0 Å². The van der Waals surface area contributed by atoms with Crippen molar-refractivity contribution in [3.63, 3.8) is 0 Å². The topological polar surface area (TPSA) is 64.1 Å². The van der Waals surface area contributed by atoms with Crippen molar-refractivity contribution in [1.82, 2.24) is 4.98 Å². The van der Waals surface area contributed by atoms with Gasteiger partial charge in [0, 0.05) is 10.7 Å². The molecule has 1 rings (SSSR count). The standard InChI is InChI=1S/C4H2ClNO3S2/c5-11(8,9)4-1-6-3(2-7)10-4/h1-2H. The molecule has 7 heteroatoms. The zero-order valence-corrected chi connectivity index (χ0v) is 7.41. The zero-order valence-electron chi connectivity index (χ0n) is 5.02. The van der Waals surface area contributed by atoms with Gasteiger partial charge in [-0.3, -0.25) is 4.79 Å². The smallest absolute Gasteiger partial charge is 0.272 e. The summed E-state index contributed by atoms with van der Waals surface area (Å²) >= 11 is 0.741. The Balaban J connectivity index is 3.18. The lowest BCUT2D eigenvalue weighted by Crippen LogP contribution is -1.83. The van der Waals surface area contributed by atoms with Gasteiger partial charge in [0.05, 0.1) is 6.20 Å². The molecule has 0 spiro atoms. The van der Waals surface area contributed by atoms with Gasteiger partial charge in [0.25, 0.3) is 9.05 Å². The molecule has 0 bridgehead atoms. The minimum absolute atomic E-state index is 0.101. The van der Waals surface area contributed by atoms with E-state index in [0.717, 1.165) is 17.5 Å². The predicted octanol–water partition coefficient (Wildman–Crippen LogP) is 0.883. The molecule has 4 nitrogen and oxygen atoms in total. The Hall–Kier alpha value is -0.460. The molecule has 0 aliphatic rings. The summed E-state index contributed by atoms with van der Waals surface area (Å²) in [4.78, 5) is 13.5. The molecule has 0 N–H and O–H groups in total. The number of hydrogen-bond acceptors (Lipinski definition) is 5. The van der Waals surface area contributed by atoms with Crippen LogP contribution < -0.4 is 0 Å². The highest BCUT2D eigenvalue weighted by molar-refractivity contribution is 8.15. The average molecular weight is 212 g/mol. The van der Waals surface area contributed by atoms with Crippen LogP contribution in [0.25, 0.3) is 0 Å². The molecular formula is C4H2ClNO3S2. The molecule has 0 fully saturated rings. The Morgan fingerprint density at radius 1 is 1.64 bits per heavy atom. The van der Waals surface area contributed by atoms with Crippen molar-refractivity contribution in [2.75, 3.05) is 0 Å². The molecule has 0 unspecified atom stereocenters. The van der Waals surface area contributed by atoms with Gasteiger partial charge in [0.15, 0.2) is 15.5 Å². The number of halogens is 1. The number of carbonyl (C=O) groups excluding carboxylic acids is 1. The highest BCUT2D eigenvalue weighted by Crippen LogP contribution is 2.20. The first kappa shape index (κ1) is 8.63. The fourth-order valence-corrected chi connectivity index (χ4v) is 2.14. The van der Waals surface area contributed by atoms with Crippen LogP contribution in [0.1, 0.15) is 9.80 Å². The first-order valence-corrected chi connectivity index (χ1v) is 5.52. The van der Waals surface area contributed by atoms with E-state index >= 15 is 0 Å². The van der Waals surface area contributed by atoms with E-state index in [0.29, 0.717) is 6.29 Å². The van der Waals surface area contributed by atoms with Crippen molar-refractivity contribution in [2.24, 2.45) is 0 Å². The zero-order chi connectivity index (χ0) is 8.48. The van der Waals surface area contributed by atoms with E-state index < -0.39 is 9.05 Å². The third-order valence-corrected chi connectivity index (χ3v) is 3.83. The molecule has 11 heavy (non-hydrogen) atoms. The van der Waals surface area contributed by atoms with Gasteiger partial charge in [-0.25, -0.2) is 13.4 Å². The lowest BCUT2D eigenvalue weighted by Gasteiger charge is -1.82. The minimum atomic E-state index is -3.72. The Morgan fingerprint density at radius 2 is 2.27 bits per heavy atom. The molecule has 0 radical (unpaired) electrons. The van der Waals surface area contributed by atoms with Crippen LogP contribution in [0, 0.1) is 0 Å². The third kappa shape index (κ3) is 1.98. The lowest BCUT2D eigenvalue weighted by molar-refractivity contribution is 0.112. The molecule has 0 amide bonds. The highest BCUT2D eigenvalue weighted by atomic mass is 35.7. The van der Waals surface area contributed by atoms with Gasteiger partial charge in [-0.2, -0.15) is 0 Å². The maximum atomic E-state index is 10.6. The first-order valence-electron chi connectivity index (χ1n) is 2.39. The molecule has 1 aromatic rings. The monoisotopic (exact) mass is 211 g/mol. The SMILES string of the molecule is O=Cc1ncc(S(=O)(=O)Cl)s1. The molecule has 0 aliphatic carbocycles. The largest absolute Gasteiger partial charge is 0.295 e. The van der Waals surface area contributed by atoms with Crippen LogP contribution in [0.2, 0.25) is 0 Å². The Bertz CT molecular complexity index is 368. The van der Waals surface area contributed by atoms with Crippen molar-refractivity contribution in [3.8, 4) is 0 Å². The summed E-state index contributed by atoms with van der Waals surface area (Å²) in [7, 11) is 1.23. The molecule has 0 aromatic carbocycles. The molecule has 0 aliphatic heterocycles. The van der Waals surface area contributed by atoms with Crippen molar-refractivity contribution < 1.29 is 13.2 Å². The van der Waals surface area contributed by atoms with Crippen LogP contribution in [0.4, 0.5) is 0 Å². The average Bonchev–Trinajstić information content (AvgIpc) is 2.32. The molecule has 0 saturated carbocycles. The number of thiazole rings is 1. The third-order valence-electron chi connectivity index (χ3n) is 0.843. The summed E-state index contributed by atoms with van der Waals surface area (Å²) in [5.41, 5.74) is 0. The van der Waals surface area contributed by atoms with Crippen LogP contribution >= 0.6 is 22.0 Å². The van der Waals surface area contributed by atoms with Gasteiger partial charge in [-0.05, 0) is 0 Å². The Labute approximate surface area is 71.3 Å². The van der Waals surface area contributed by atoms with Gasteiger partial charge in [0.1, 0.15) is 0 Å². The van der Waals surface area contributed by atoms with Crippen LogP contribution in [-0.2, 0) is 9.05 Å². The van der Waals surface area contributed by atoms with Crippen LogP contribution in [0.3, 0.4) is 0 Å². The van der Waals surface area contributed by atoms with Crippen molar-refractivity contribution in [1.29, 1.82) is 0 Å². The van der Waals surface area contributed by atoms with E-state index in [1.165, 1.54) is 0 Å². The van der Waals surface area contributed by atoms with Gasteiger partial charge >= 0.3 is 0 Å². The molecule has 60 valence electrons. The quantitative estimate of drug-likeness (QED) is 0.538. The molecule has 1 heterocycles. The number of rotatable bonds is 2. The number of nitrogens with zero attached hydrogens (tertiary/aromatic N) is 1. The second kappa shape index (κ2) is 2.88. The van der Waals surface area contributed by atoms with Crippen LogP contribution in [0.15, 0.2) is 10.4 Å². The maximum Gasteiger partial charge on any atom is 0.272 e. The number of aldehydes is 1. The number of hydrogen-bond donors (Lipinski definition) is 0. The van der Waals surface area contributed by atoms with Crippen molar-refractivity contribution in [2.45, 2.75) is 4.21 Å². The summed E-state index contributed by atoms with van der Waals surface area (Å²) in [6.07, 6.45) is 1.52. The Kier molecular flexibility index (Phi) is 2.26. The van der Waals surface area contributed by atoms with E-state index in [-0.39, 0.29) is 9.22 Å². The summed E-state index contributed by atoms with van der Waals surface area (Å²) < 4.78 is 21.1. The lowest BCUT2D eigenvalue weighted by atomic mass is 10.8. The molecule has 0 atom stereocenters. The summed E-state index contributed by atoms with van der Waals surface area (Å²) in [5.74, 6) is 0. The summed E-state index contributed by atoms with van der Waals surface area (Å²) in [6, 6.07) is 0. The van der Waals surface area contributed by atoms with Gasteiger partial charge in [0.2, 0.25) is 0 Å². The van der Waals surface area contributed by atoms with E-state index in [2.05, 4.69) is 4.98 Å². The van der Waals surface area contributed by atoms with Crippen molar-refractivity contribution in [3.05, 3.63) is 11.2 Å². The number of carbonyl (C=O) groups is 1. The number of aromatic nitrogens is 1. The van der Waals surface area contributed by atoms with E-state index in [1.807, 2.05) is 0 Å². The predicted molar refractivity (Wildman–Crippen MR) is 40.5 cm³/mol. The molecular weight excluding hydrogens is 210 g/mol. The molecule has 1 aromatic heterocycles. The summed E-state index contributed by atoms with van der Waals surface area (Å²) in [5, 5.41) is 0.101. The molecule has 0 saturated heterocycles. The fourth-order valence-electron chi connectivity index (χ4n) is 0.439. The van der Waals surface area contributed by atoms with E-state index in [1.54, 1.807) is 0 Å². The van der Waals surface area contributed by atoms with Gasteiger partial charge in [-0.15, -0.1) is 0 Å². The second-order valence-electron chi connectivity index (χ2n) is 1.57. The van der Waals surface area contributed by atoms with Crippen molar-refractivity contribution >= 4 is 37.4 Å². The van der Waals surface area contributed by atoms with E-state index in [4.69, 9.17) is 10.7 Å². The van der Waals surface area contributed by atoms with Gasteiger partial charge < -0.3 is 0 Å². The fraction of sp³-hybridized carbons (Fsp3) is 0. The van der Waals surface area contributed by atoms with Crippen LogP contribution in [-0.4, -0.2) is 19.7 Å².